The lowest BCUT2D eigenvalue weighted by Crippen LogP contribution is -2.11. The second-order valence-corrected chi connectivity index (χ2v) is 5.24. The van der Waals surface area contributed by atoms with E-state index in [1.807, 2.05) is 6.08 Å². The predicted octanol–water partition coefficient (Wildman–Crippen LogP) is 4.78. The van der Waals surface area contributed by atoms with Crippen molar-refractivity contribution in [2.75, 3.05) is 0 Å². The Hall–Kier alpha value is -1.56. The van der Waals surface area contributed by atoms with Gasteiger partial charge >= 0.3 is 0 Å². The molecule has 0 saturated carbocycles. The van der Waals surface area contributed by atoms with Crippen molar-refractivity contribution >= 4 is 16.8 Å². The van der Waals surface area contributed by atoms with Gasteiger partial charge in [-0.15, -0.1) is 0 Å². The number of hydrogen-bond donors (Lipinski definition) is 0. The summed E-state index contributed by atoms with van der Waals surface area (Å²) in [5, 5.41) is 2.64. The number of fused-ring (bicyclic) bond motifs is 1. The molecule has 0 fully saturated rings. The molecule has 0 aliphatic carbocycles. The van der Waals surface area contributed by atoms with E-state index in [0.29, 0.717) is 0 Å². The van der Waals surface area contributed by atoms with Crippen LogP contribution >= 0.6 is 0 Å². The van der Waals surface area contributed by atoms with Gasteiger partial charge in [0.2, 0.25) is 0 Å². The Balaban J connectivity index is 2.84. The summed E-state index contributed by atoms with van der Waals surface area (Å²) in [6, 6.07) is 13.0. The summed E-state index contributed by atoms with van der Waals surface area (Å²) in [4.78, 5) is 0. The smallest absolute Gasteiger partial charge is 0.0125 e. The molecule has 0 nitrogen and oxygen atoms in total. The fraction of sp³-hybridized carbons (Fsp3) is 0.250. The van der Waals surface area contributed by atoms with Crippen LogP contribution in [-0.4, -0.2) is 0 Å². The van der Waals surface area contributed by atoms with Crippen molar-refractivity contribution in [1.29, 1.82) is 0 Å². The second kappa shape index (κ2) is 3.79. The van der Waals surface area contributed by atoms with Crippen LogP contribution < -0.4 is 0 Å². The lowest BCUT2D eigenvalue weighted by Gasteiger charge is -2.22. The molecule has 82 valence electrons. The molecule has 0 unspecified atom stereocenters. The van der Waals surface area contributed by atoms with Crippen LogP contribution in [0.2, 0.25) is 0 Å². The van der Waals surface area contributed by atoms with Crippen molar-refractivity contribution in [3.05, 3.63) is 54.1 Å². The number of benzene rings is 2. The fourth-order valence-corrected chi connectivity index (χ4v) is 2.07. The Morgan fingerprint density at radius 2 is 1.75 bits per heavy atom. The minimum absolute atomic E-state index is 0.165. The van der Waals surface area contributed by atoms with E-state index in [0.717, 1.165) is 0 Å². The molecule has 0 aliphatic rings. The molecule has 0 amide bonds. The zero-order chi connectivity index (χ0) is 11.8. The van der Waals surface area contributed by atoms with E-state index >= 15 is 0 Å². The lowest BCUT2D eigenvalue weighted by atomic mass is 9.82. The quantitative estimate of drug-likeness (QED) is 0.635. The molecular weight excluding hydrogens is 192 g/mol. The minimum Gasteiger partial charge on any atom is -0.0985 e. The van der Waals surface area contributed by atoms with Crippen LogP contribution in [0.25, 0.3) is 16.8 Å². The standard InChI is InChI=1S/C16H18/c1-5-12-10-13-8-6-7-9-14(13)15(11-12)16(2,3)4/h5-11H,1H2,2-4H3. The molecule has 0 heterocycles. The molecule has 2 rings (SSSR count). The lowest BCUT2D eigenvalue weighted by molar-refractivity contribution is 0.596. The summed E-state index contributed by atoms with van der Waals surface area (Å²) in [6.07, 6.45) is 1.92. The zero-order valence-electron chi connectivity index (χ0n) is 10.2. The van der Waals surface area contributed by atoms with E-state index in [9.17, 15) is 0 Å². The molecule has 2 aromatic carbocycles. The Labute approximate surface area is 97.6 Å². The maximum atomic E-state index is 3.86. The van der Waals surface area contributed by atoms with Gasteiger partial charge in [-0.3, -0.25) is 0 Å². The van der Waals surface area contributed by atoms with Crippen molar-refractivity contribution in [2.45, 2.75) is 26.2 Å². The molecule has 0 heteroatoms. The van der Waals surface area contributed by atoms with Gasteiger partial charge in [-0.05, 0) is 33.4 Å². The molecule has 16 heavy (non-hydrogen) atoms. The van der Waals surface area contributed by atoms with Crippen LogP contribution in [0.1, 0.15) is 31.9 Å². The fourth-order valence-electron chi connectivity index (χ4n) is 2.07. The molecule has 0 bridgehead atoms. The Morgan fingerprint density at radius 3 is 2.38 bits per heavy atom. The van der Waals surface area contributed by atoms with E-state index in [1.54, 1.807) is 0 Å². The molecule has 0 saturated heterocycles. The summed E-state index contributed by atoms with van der Waals surface area (Å²) < 4.78 is 0. The molecule has 0 aliphatic heterocycles. The molecular formula is C16H18. The van der Waals surface area contributed by atoms with E-state index in [2.05, 4.69) is 63.7 Å². The molecule has 0 N–H and O–H groups in total. The van der Waals surface area contributed by atoms with Crippen molar-refractivity contribution in [1.82, 2.24) is 0 Å². The summed E-state index contributed by atoms with van der Waals surface area (Å²) in [5.41, 5.74) is 2.75. The van der Waals surface area contributed by atoms with Gasteiger partial charge in [0.15, 0.2) is 0 Å². The van der Waals surface area contributed by atoms with E-state index < -0.39 is 0 Å². The van der Waals surface area contributed by atoms with Crippen molar-refractivity contribution < 1.29 is 0 Å². The Kier molecular flexibility index (Phi) is 2.59. The molecule has 2 aromatic rings. The van der Waals surface area contributed by atoms with Gasteiger partial charge < -0.3 is 0 Å². The highest BCUT2D eigenvalue weighted by Crippen LogP contribution is 2.31. The predicted molar refractivity (Wildman–Crippen MR) is 72.7 cm³/mol. The average molecular weight is 210 g/mol. The summed E-state index contributed by atoms with van der Waals surface area (Å²) in [5.74, 6) is 0. The van der Waals surface area contributed by atoms with Gasteiger partial charge in [-0.1, -0.05) is 63.8 Å². The van der Waals surface area contributed by atoms with Gasteiger partial charge in [-0.25, -0.2) is 0 Å². The van der Waals surface area contributed by atoms with Crippen LogP contribution in [0.15, 0.2) is 43.0 Å². The maximum Gasteiger partial charge on any atom is -0.0125 e. The largest absolute Gasteiger partial charge is 0.0985 e. The minimum atomic E-state index is 0.165. The van der Waals surface area contributed by atoms with Crippen LogP contribution in [0.3, 0.4) is 0 Å². The first-order valence-corrected chi connectivity index (χ1v) is 5.68. The highest BCUT2D eigenvalue weighted by Gasteiger charge is 2.16. The number of hydrogen-bond acceptors (Lipinski definition) is 0. The van der Waals surface area contributed by atoms with Gasteiger partial charge in [0.1, 0.15) is 0 Å². The SMILES string of the molecule is C=Cc1cc(C(C)(C)C)c2ccccc2c1. The van der Waals surface area contributed by atoms with Gasteiger partial charge in [0, 0.05) is 0 Å². The first-order chi connectivity index (χ1) is 7.52. The second-order valence-electron chi connectivity index (χ2n) is 5.24. The Morgan fingerprint density at radius 1 is 1.06 bits per heavy atom. The van der Waals surface area contributed by atoms with E-state index in [1.165, 1.54) is 21.9 Å². The van der Waals surface area contributed by atoms with Crippen LogP contribution in [0.4, 0.5) is 0 Å². The third kappa shape index (κ3) is 1.88. The topological polar surface area (TPSA) is 0 Å². The third-order valence-corrected chi connectivity index (χ3v) is 2.93. The van der Waals surface area contributed by atoms with Gasteiger partial charge in [0.05, 0.1) is 0 Å². The maximum absolute atomic E-state index is 3.86. The summed E-state index contributed by atoms with van der Waals surface area (Å²) in [7, 11) is 0. The van der Waals surface area contributed by atoms with Crippen LogP contribution in [0, 0.1) is 0 Å². The summed E-state index contributed by atoms with van der Waals surface area (Å²) >= 11 is 0. The van der Waals surface area contributed by atoms with Crippen LogP contribution in [-0.2, 0) is 5.41 Å². The zero-order valence-corrected chi connectivity index (χ0v) is 10.2. The monoisotopic (exact) mass is 210 g/mol. The normalized spacial score (nSPS) is 11.7. The van der Waals surface area contributed by atoms with Crippen molar-refractivity contribution in [3.8, 4) is 0 Å². The highest BCUT2D eigenvalue weighted by atomic mass is 14.2. The van der Waals surface area contributed by atoms with Gasteiger partial charge in [0.25, 0.3) is 0 Å². The first kappa shape index (κ1) is 10.9. The van der Waals surface area contributed by atoms with Crippen LogP contribution in [0.5, 0.6) is 0 Å². The third-order valence-electron chi connectivity index (χ3n) is 2.93. The molecule has 0 aromatic heterocycles. The summed E-state index contributed by atoms with van der Waals surface area (Å²) in [6.45, 7) is 10.6. The molecule has 0 spiro atoms. The van der Waals surface area contributed by atoms with Crippen molar-refractivity contribution in [2.24, 2.45) is 0 Å². The number of rotatable bonds is 1. The van der Waals surface area contributed by atoms with E-state index in [-0.39, 0.29) is 5.41 Å². The Bertz CT molecular complexity index is 527. The van der Waals surface area contributed by atoms with Crippen molar-refractivity contribution in [3.63, 3.8) is 0 Å². The molecule has 0 atom stereocenters. The average Bonchev–Trinajstić information content (AvgIpc) is 2.26. The first-order valence-electron chi connectivity index (χ1n) is 5.68. The van der Waals surface area contributed by atoms with Gasteiger partial charge in [-0.2, -0.15) is 0 Å². The molecule has 0 radical (unpaired) electrons. The van der Waals surface area contributed by atoms with E-state index in [4.69, 9.17) is 0 Å². The highest BCUT2D eigenvalue weighted by molar-refractivity contribution is 5.88.